The second-order valence-corrected chi connectivity index (χ2v) is 22.5. The molecule has 0 saturated heterocycles. The second-order valence-electron chi connectivity index (χ2n) is 6.21. The van der Waals surface area contributed by atoms with Crippen molar-refractivity contribution < 1.29 is 27.5 Å². The zero-order valence-electron chi connectivity index (χ0n) is 18.9. The Labute approximate surface area is 271 Å². The number of benzene rings is 2. The predicted octanol–water partition coefficient (Wildman–Crippen LogP) is 4.36. The van der Waals surface area contributed by atoms with E-state index < -0.39 is 0 Å². The number of H-pyrrole nitrogens is 2. The average molecular weight is 1080 g/mol. The number of aromatic amines is 2. The predicted molar refractivity (Wildman–Crippen MR) is 174 cm³/mol. The molecule has 2 aromatic heterocycles. The first kappa shape index (κ1) is 36.5. The van der Waals surface area contributed by atoms with Crippen LogP contribution in [0, 0.1) is 28.5 Å². The fourth-order valence-electron chi connectivity index (χ4n) is 2.12. The SMILES string of the molecule is II.I[I-]I.N#Cc1ccc(F)cc1.N#Cc1ccc(Oc2ccc(=O)[nH]c2)cc1.O=c1ccc(O)c[nH]1. The first-order chi connectivity index (χ1) is 18.3. The van der Waals surface area contributed by atoms with Crippen molar-refractivity contribution in [3.63, 3.8) is 0 Å². The smallest absolute Gasteiger partial charge is 0.248 e. The van der Waals surface area contributed by atoms with E-state index in [1.165, 1.54) is 54.9 Å². The normalized spacial score (nSPS) is 8.61. The molecule has 0 atom stereocenters. The Balaban J connectivity index is 0.000000531. The van der Waals surface area contributed by atoms with Crippen LogP contribution in [0.3, 0.4) is 0 Å². The monoisotopic (exact) mass is 1080 g/mol. The molecule has 0 saturated carbocycles. The Bertz CT molecular complexity index is 1360. The molecule has 38 heavy (non-hydrogen) atoms. The van der Waals surface area contributed by atoms with Crippen LogP contribution in [0.2, 0.25) is 0 Å². The van der Waals surface area contributed by atoms with Gasteiger partial charge in [0.2, 0.25) is 11.1 Å². The van der Waals surface area contributed by atoms with Crippen molar-refractivity contribution in [2.75, 3.05) is 0 Å². The second kappa shape index (κ2) is 23.4. The molecule has 0 fully saturated rings. The number of nitriles is 2. The van der Waals surface area contributed by atoms with E-state index in [0.29, 0.717) is 35.9 Å². The molecule has 0 spiro atoms. The van der Waals surface area contributed by atoms with Crippen LogP contribution in [0.5, 0.6) is 17.2 Å². The van der Waals surface area contributed by atoms with Gasteiger partial charge in [0.05, 0.1) is 23.3 Å². The van der Waals surface area contributed by atoms with Crippen LogP contribution in [0.15, 0.2) is 94.8 Å². The number of halogens is 6. The van der Waals surface area contributed by atoms with E-state index in [0.717, 1.165) is 0 Å². The molecular weight excluding hydrogens is 1060 g/mol. The summed E-state index contributed by atoms with van der Waals surface area (Å²) in [7, 11) is 0. The molecule has 0 aliphatic rings. The standard InChI is InChI=1S/C12H8N2O2.C7H4FN.C5H5NO2.I3.I2/c13-7-9-1-3-10(4-2-9)16-11-5-6-12(15)14-8-11;8-7-3-1-6(5-9)2-4-7;7-4-1-2-5(8)6-3-4;1-3-2;1-2/h1-6,8H,(H,14,15);1-4H;1-3,7H,(H,6,8);;/q;;;-1;. The Morgan fingerprint density at radius 2 is 1.16 bits per heavy atom. The molecular formula is C24H17FI5N4O4-. The minimum absolute atomic E-state index is 0.0737. The van der Waals surface area contributed by atoms with Crippen molar-refractivity contribution in [3.8, 4) is 29.4 Å². The molecule has 4 rings (SSSR count). The van der Waals surface area contributed by atoms with Crippen LogP contribution < -0.4 is 29.1 Å². The number of rotatable bonds is 2. The van der Waals surface area contributed by atoms with E-state index >= 15 is 0 Å². The zero-order valence-corrected chi connectivity index (χ0v) is 29.7. The number of nitrogens with one attached hydrogen (secondary N) is 2. The summed E-state index contributed by atoms with van der Waals surface area (Å²) in [6.45, 7) is 0. The van der Waals surface area contributed by atoms with Crippen LogP contribution in [0.4, 0.5) is 4.39 Å². The number of nitrogens with zero attached hydrogens (tertiary/aromatic N) is 2. The molecule has 0 aliphatic carbocycles. The van der Waals surface area contributed by atoms with Gasteiger partial charge in [0.25, 0.3) is 0 Å². The van der Waals surface area contributed by atoms with Crippen LogP contribution in [0.25, 0.3) is 0 Å². The number of pyridine rings is 2. The summed E-state index contributed by atoms with van der Waals surface area (Å²) in [4.78, 5) is 25.9. The molecule has 0 bridgehead atoms. The van der Waals surface area contributed by atoms with E-state index in [2.05, 4.69) is 84.4 Å². The molecule has 200 valence electrons. The molecule has 2 aromatic carbocycles. The van der Waals surface area contributed by atoms with Gasteiger partial charge in [-0.15, -0.1) is 0 Å². The molecule has 4 aromatic rings. The summed E-state index contributed by atoms with van der Waals surface area (Å²) >= 11 is 9.54. The van der Waals surface area contributed by atoms with E-state index in [1.807, 2.05) is 12.1 Å². The van der Waals surface area contributed by atoms with Crippen LogP contribution in [-0.4, -0.2) is 15.1 Å². The Kier molecular flexibility index (Phi) is 22.5. The van der Waals surface area contributed by atoms with Gasteiger partial charge in [0, 0.05) is 61.8 Å². The third-order valence-corrected chi connectivity index (χ3v) is 3.72. The van der Waals surface area contributed by atoms with E-state index in [-0.39, 0.29) is 22.7 Å². The van der Waals surface area contributed by atoms with E-state index in [9.17, 15) is 14.0 Å². The quantitative estimate of drug-likeness (QED) is 0.255. The van der Waals surface area contributed by atoms with Crippen molar-refractivity contribution in [3.05, 3.63) is 123 Å². The van der Waals surface area contributed by atoms with Crippen molar-refractivity contribution in [1.29, 1.82) is 10.5 Å². The molecule has 0 unspecified atom stereocenters. The van der Waals surface area contributed by atoms with Crippen LogP contribution in [-0.2, 0) is 0 Å². The van der Waals surface area contributed by atoms with Crippen molar-refractivity contribution in [2.24, 2.45) is 0 Å². The molecule has 14 heteroatoms. The van der Waals surface area contributed by atoms with Gasteiger partial charge in [-0.1, -0.05) is 0 Å². The fraction of sp³-hybridized carbons (Fsp3) is 0. The Morgan fingerprint density at radius 3 is 1.53 bits per heavy atom. The van der Waals surface area contributed by atoms with Gasteiger partial charge in [-0.3, -0.25) is 9.59 Å². The van der Waals surface area contributed by atoms with Gasteiger partial charge in [-0.05, 0) is 60.7 Å². The van der Waals surface area contributed by atoms with Gasteiger partial charge in [-0.25, -0.2) is 4.39 Å². The molecule has 8 nitrogen and oxygen atoms in total. The fourth-order valence-corrected chi connectivity index (χ4v) is 2.12. The van der Waals surface area contributed by atoms with Gasteiger partial charge in [-0.2, -0.15) is 10.5 Å². The van der Waals surface area contributed by atoms with Crippen molar-refractivity contribution in [1.82, 2.24) is 9.97 Å². The minimum atomic E-state index is -0.311. The number of hydrogen-bond acceptors (Lipinski definition) is 6. The van der Waals surface area contributed by atoms with Crippen LogP contribution in [0.1, 0.15) is 11.1 Å². The maximum absolute atomic E-state index is 12.1. The Hall–Kier alpha value is -1.50. The summed E-state index contributed by atoms with van der Waals surface area (Å²) in [6, 6.07) is 21.6. The van der Waals surface area contributed by atoms with E-state index in [4.69, 9.17) is 20.4 Å². The third-order valence-electron chi connectivity index (χ3n) is 3.72. The van der Waals surface area contributed by atoms with Crippen molar-refractivity contribution >= 4 is 74.5 Å². The first-order valence-electron chi connectivity index (χ1n) is 9.72. The number of ether oxygens (including phenoxy) is 1. The number of aromatic nitrogens is 2. The third kappa shape index (κ3) is 17.9. The molecule has 0 amide bonds. The van der Waals surface area contributed by atoms with Gasteiger partial charge >= 0.3 is 50.5 Å². The molecule has 0 radical (unpaired) electrons. The van der Waals surface area contributed by atoms with Crippen molar-refractivity contribution in [2.45, 2.75) is 0 Å². The van der Waals surface area contributed by atoms with E-state index in [1.54, 1.807) is 30.3 Å². The number of hydrogen-bond donors (Lipinski definition) is 3. The summed E-state index contributed by atoms with van der Waals surface area (Å²) in [5.41, 5.74) is 0.681. The number of aromatic hydroxyl groups is 1. The summed E-state index contributed by atoms with van der Waals surface area (Å²) < 4.78 is 17.6. The largest absolute Gasteiger partial charge is 0.506 e. The summed E-state index contributed by atoms with van der Waals surface area (Å²) in [5, 5.41) is 25.5. The first-order valence-corrected chi connectivity index (χ1v) is 28.6. The topological polar surface area (TPSA) is 143 Å². The molecule has 0 aliphatic heterocycles. The molecule has 3 N–H and O–H groups in total. The van der Waals surface area contributed by atoms with Gasteiger partial charge < -0.3 is 19.8 Å². The summed E-state index contributed by atoms with van der Waals surface area (Å²) in [6.07, 6.45) is 2.73. The summed E-state index contributed by atoms with van der Waals surface area (Å²) in [5.74, 6) is 0.925. The van der Waals surface area contributed by atoms with Gasteiger partial charge in [0.1, 0.15) is 23.1 Å². The van der Waals surface area contributed by atoms with Gasteiger partial charge in [0.15, 0.2) is 0 Å². The minimum Gasteiger partial charge on any atom is -0.506 e. The maximum Gasteiger partial charge on any atom is 0.248 e. The Morgan fingerprint density at radius 1 is 0.737 bits per heavy atom. The molecule has 2 heterocycles. The van der Waals surface area contributed by atoms with Crippen LogP contribution >= 0.6 is 74.5 Å². The zero-order chi connectivity index (χ0) is 28.8. The maximum atomic E-state index is 12.1. The average Bonchev–Trinajstić information content (AvgIpc) is 2.95.